The third-order valence-corrected chi connectivity index (χ3v) is 3.41. The third-order valence-electron chi connectivity index (χ3n) is 3.41. The normalized spacial score (nSPS) is 34.6. The lowest BCUT2D eigenvalue weighted by molar-refractivity contribution is 0.0208. The van der Waals surface area contributed by atoms with Crippen LogP contribution in [0.4, 0.5) is 0 Å². The first kappa shape index (κ1) is 10.2. The predicted octanol–water partition coefficient (Wildman–Crippen LogP) is 2.88. The van der Waals surface area contributed by atoms with Gasteiger partial charge in [-0.15, -0.1) is 0 Å². The maximum atomic E-state index is 5.68. The summed E-state index contributed by atoms with van der Waals surface area (Å²) >= 11 is 0. The molecule has 1 saturated heterocycles. The van der Waals surface area contributed by atoms with Gasteiger partial charge in [-0.2, -0.15) is 0 Å². The van der Waals surface area contributed by atoms with Crippen LogP contribution in [0.25, 0.3) is 0 Å². The average molecular weight is 196 g/mol. The zero-order valence-corrected chi connectivity index (χ0v) is 9.00. The summed E-state index contributed by atoms with van der Waals surface area (Å²) in [6.07, 6.45) is 7.14. The van der Waals surface area contributed by atoms with Gasteiger partial charge in [0.15, 0.2) is 0 Å². The van der Waals surface area contributed by atoms with Crippen LogP contribution in [0, 0.1) is 5.92 Å². The highest BCUT2D eigenvalue weighted by Crippen LogP contribution is 2.34. The van der Waals surface area contributed by atoms with Gasteiger partial charge in [-0.3, -0.25) is 0 Å². The highest BCUT2D eigenvalue weighted by molar-refractivity contribution is 5.04. The molecule has 0 aromatic carbocycles. The van der Waals surface area contributed by atoms with E-state index in [1.807, 2.05) is 6.92 Å². The lowest BCUT2D eigenvalue weighted by Crippen LogP contribution is -2.32. The van der Waals surface area contributed by atoms with Gasteiger partial charge in [0, 0.05) is 0 Å². The van der Waals surface area contributed by atoms with Crippen molar-refractivity contribution in [3.05, 3.63) is 12.2 Å². The molecular weight excluding hydrogens is 176 g/mol. The van der Waals surface area contributed by atoms with Gasteiger partial charge in [-0.1, -0.05) is 25.8 Å². The van der Waals surface area contributed by atoms with Crippen LogP contribution < -0.4 is 0 Å². The summed E-state index contributed by atoms with van der Waals surface area (Å²) in [6, 6.07) is 0. The SMILES string of the molecule is C=C(C)[C@@H]1OCO[C@H]1C1CCCCC1. The largest absolute Gasteiger partial charge is 0.349 e. The summed E-state index contributed by atoms with van der Waals surface area (Å²) in [4.78, 5) is 0. The molecule has 0 unspecified atom stereocenters. The van der Waals surface area contributed by atoms with Gasteiger partial charge in [0.1, 0.15) is 12.9 Å². The van der Waals surface area contributed by atoms with Crippen molar-refractivity contribution in [2.45, 2.75) is 51.2 Å². The maximum absolute atomic E-state index is 5.68. The van der Waals surface area contributed by atoms with Crippen molar-refractivity contribution < 1.29 is 9.47 Å². The molecule has 0 radical (unpaired) electrons. The van der Waals surface area contributed by atoms with E-state index in [1.165, 1.54) is 32.1 Å². The Hall–Kier alpha value is -0.340. The van der Waals surface area contributed by atoms with Gasteiger partial charge < -0.3 is 9.47 Å². The minimum absolute atomic E-state index is 0.151. The number of hydrogen-bond acceptors (Lipinski definition) is 2. The summed E-state index contributed by atoms with van der Waals surface area (Å²) in [7, 11) is 0. The van der Waals surface area contributed by atoms with E-state index in [1.54, 1.807) is 0 Å². The molecule has 1 heterocycles. The van der Waals surface area contributed by atoms with Gasteiger partial charge in [-0.25, -0.2) is 0 Å². The van der Waals surface area contributed by atoms with Crippen molar-refractivity contribution in [1.82, 2.24) is 0 Å². The van der Waals surface area contributed by atoms with Gasteiger partial charge in [0.2, 0.25) is 0 Å². The molecule has 1 saturated carbocycles. The first-order chi connectivity index (χ1) is 6.79. The van der Waals surface area contributed by atoms with Gasteiger partial charge in [-0.05, 0) is 31.3 Å². The Morgan fingerprint density at radius 1 is 1.14 bits per heavy atom. The summed E-state index contributed by atoms with van der Waals surface area (Å²) in [5.41, 5.74) is 1.11. The Morgan fingerprint density at radius 3 is 2.50 bits per heavy atom. The average Bonchev–Trinajstić information content (AvgIpc) is 2.67. The molecule has 14 heavy (non-hydrogen) atoms. The third kappa shape index (κ3) is 2.01. The molecule has 2 nitrogen and oxygen atoms in total. The van der Waals surface area contributed by atoms with Crippen LogP contribution in [0.15, 0.2) is 12.2 Å². The van der Waals surface area contributed by atoms with Crippen LogP contribution in [-0.2, 0) is 9.47 Å². The van der Waals surface area contributed by atoms with E-state index in [4.69, 9.17) is 9.47 Å². The van der Waals surface area contributed by atoms with Crippen molar-refractivity contribution in [3.63, 3.8) is 0 Å². The Kier molecular flexibility index (Phi) is 3.24. The second-order valence-electron chi connectivity index (χ2n) is 4.58. The van der Waals surface area contributed by atoms with Crippen molar-refractivity contribution in [2.75, 3.05) is 6.79 Å². The van der Waals surface area contributed by atoms with E-state index in [-0.39, 0.29) is 12.2 Å². The molecule has 1 aliphatic heterocycles. The van der Waals surface area contributed by atoms with Gasteiger partial charge in [0.05, 0.1) is 6.10 Å². The number of hydrogen-bond donors (Lipinski definition) is 0. The molecule has 0 bridgehead atoms. The molecule has 2 fully saturated rings. The molecule has 0 spiro atoms. The highest BCUT2D eigenvalue weighted by atomic mass is 16.7. The summed E-state index contributed by atoms with van der Waals surface area (Å²) < 4.78 is 11.2. The first-order valence-corrected chi connectivity index (χ1v) is 5.67. The van der Waals surface area contributed by atoms with Crippen molar-refractivity contribution in [3.8, 4) is 0 Å². The fourth-order valence-electron chi connectivity index (χ4n) is 2.64. The van der Waals surface area contributed by atoms with E-state index < -0.39 is 0 Å². The van der Waals surface area contributed by atoms with Crippen LogP contribution in [0.1, 0.15) is 39.0 Å². The van der Waals surface area contributed by atoms with Crippen LogP contribution in [0.5, 0.6) is 0 Å². The molecule has 0 aromatic rings. The molecule has 2 atom stereocenters. The molecule has 0 amide bonds. The fourth-order valence-corrected chi connectivity index (χ4v) is 2.64. The summed E-state index contributed by atoms with van der Waals surface area (Å²) in [6.45, 7) is 6.47. The maximum Gasteiger partial charge on any atom is 0.148 e. The Morgan fingerprint density at radius 2 is 1.86 bits per heavy atom. The molecule has 2 aliphatic rings. The van der Waals surface area contributed by atoms with Crippen molar-refractivity contribution in [2.24, 2.45) is 5.92 Å². The predicted molar refractivity (Wildman–Crippen MR) is 56.0 cm³/mol. The van der Waals surface area contributed by atoms with E-state index in [0.29, 0.717) is 12.7 Å². The number of rotatable bonds is 2. The standard InChI is InChI=1S/C12H20O2/c1-9(2)11-12(14-8-13-11)10-6-4-3-5-7-10/h10-12H,1,3-8H2,2H3/t11-,12-/m0/s1. The van der Waals surface area contributed by atoms with Crippen LogP contribution in [0.2, 0.25) is 0 Å². The second-order valence-corrected chi connectivity index (χ2v) is 4.58. The zero-order valence-electron chi connectivity index (χ0n) is 9.00. The van der Waals surface area contributed by atoms with Gasteiger partial charge in [0.25, 0.3) is 0 Å². The smallest absolute Gasteiger partial charge is 0.148 e. The Bertz CT molecular complexity index is 206. The minimum Gasteiger partial charge on any atom is -0.349 e. The molecule has 1 aliphatic carbocycles. The summed E-state index contributed by atoms with van der Waals surface area (Å²) in [5.74, 6) is 0.702. The van der Waals surface area contributed by atoms with Gasteiger partial charge >= 0.3 is 0 Å². The van der Waals surface area contributed by atoms with E-state index in [9.17, 15) is 0 Å². The topological polar surface area (TPSA) is 18.5 Å². The molecule has 2 heteroatoms. The second kappa shape index (κ2) is 4.45. The Balaban J connectivity index is 1.97. The van der Waals surface area contributed by atoms with Crippen LogP contribution in [0.3, 0.4) is 0 Å². The molecule has 0 N–H and O–H groups in total. The van der Waals surface area contributed by atoms with Crippen molar-refractivity contribution >= 4 is 0 Å². The monoisotopic (exact) mass is 196 g/mol. The molecule has 2 rings (SSSR count). The van der Waals surface area contributed by atoms with E-state index in [0.717, 1.165) is 5.57 Å². The quantitative estimate of drug-likeness (QED) is 0.632. The lowest BCUT2D eigenvalue weighted by atomic mass is 9.82. The fraction of sp³-hybridized carbons (Fsp3) is 0.833. The highest BCUT2D eigenvalue weighted by Gasteiger charge is 2.36. The van der Waals surface area contributed by atoms with Crippen LogP contribution in [-0.4, -0.2) is 19.0 Å². The first-order valence-electron chi connectivity index (χ1n) is 5.67. The Labute approximate surface area is 86.3 Å². The minimum atomic E-state index is 0.151. The lowest BCUT2D eigenvalue weighted by Gasteiger charge is -2.29. The van der Waals surface area contributed by atoms with E-state index >= 15 is 0 Å². The summed E-state index contributed by atoms with van der Waals surface area (Å²) in [5, 5.41) is 0. The van der Waals surface area contributed by atoms with Crippen LogP contribution >= 0.6 is 0 Å². The molecule has 0 aromatic heterocycles. The molecular formula is C12H20O2. The van der Waals surface area contributed by atoms with E-state index in [2.05, 4.69) is 6.58 Å². The molecule has 80 valence electrons. The zero-order chi connectivity index (χ0) is 9.97. The number of ether oxygens (including phenoxy) is 2. The van der Waals surface area contributed by atoms with Crippen molar-refractivity contribution in [1.29, 1.82) is 0 Å².